The van der Waals surface area contributed by atoms with Gasteiger partial charge >= 0.3 is 29.8 Å². The Kier molecular flexibility index (Phi) is 29.3. The highest BCUT2D eigenvalue weighted by atomic mass is 35.5. The monoisotopic (exact) mass is 1620 g/mol. The van der Waals surface area contributed by atoms with Crippen molar-refractivity contribution in [1.82, 2.24) is 80.5 Å². The van der Waals surface area contributed by atoms with E-state index in [-0.39, 0.29) is 59.4 Å². The topological polar surface area (TPSA) is 410 Å². The van der Waals surface area contributed by atoms with Gasteiger partial charge in [0, 0.05) is 115 Å². The molecule has 2 aromatic carbocycles. The molecule has 612 valence electrons. The quantitative estimate of drug-likeness (QED) is 0.0187. The third kappa shape index (κ3) is 18.7. The van der Waals surface area contributed by atoms with Gasteiger partial charge in [-0.3, -0.25) is 25.5 Å². The lowest BCUT2D eigenvalue weighted by atomic mass is 9.82. The number of nitrogens with one attached hydrogen (secondary N) is 12. The molecule has 31 nitrogen and oxygen atoms in total. The van der Waals surface area contributed by atoms with Crippen molar-refractivity contribution in [2.24, 2.45) is 7.05 Å². The zero-order chi connectivity index (χ0) is 82.5. The number of rotatable bonds is 25. The second-order valence-electron chi connectivity index (χ2n) is 27.5. The third-order valence-electron chi connectivity index (χ3n) is 19.8. The van der Waals surface area contributed by atoms with Crippen LogP contribution in [0, 0.1) is 6.92 Å². The number of ether oxygens (including phenoxy) is 5. The van der Waals surface area contributed by atoms with Crippen LogP contribution in [0.4, 0.5) is 29.1 Å². The van der Waals surface area contributed by atoms with Gasteiger partial charge in [-0.05, 0) is 109 Å². The van der Waals surface area contributed by atoms with E-state index < -0.39 is 0 Å². The lowest BCUT2D eigenvalue weighted by molar-refractivity contribution is -0.139. The SMILES string of the molecule is CCCC1=C(C(=O)OCC)C(c2ccc(Cl)cc2)c2cn[nH]c2N1.CCCC1=C(C(=O)OCC)C(c2cccc(Cl)c2)c2cn[nH]c2N1.CCCC1=C(C(=O)OCC)C(c2cnc[nH]2)c2cn[nH]c2N1.CCCC1=C(C(=O)OCC)C(c2nc[nH]c2C)c2cn[nH]c2N1.CCCC1=C(C(=O)OCC)C(c2nccn2C)c2cn[nH]c2N1. The smallest absolute Gasteiger partial charge is 0.336 e. The Morgan fingerprint density at radius 2 is 0.767 bits per heavy atom. The average Bonchev–Trinajstić information content (AvgIpc) is 1.64. The molecule has 0 saturated carbocycles. The first-order valence-electron chi connectivity index (χ1n) is 39.4. The number of carbonyl (C=O) groups is 5. The van der Waals surface area contributed by atoms with E-state index in [2.05, 4.69) is 137 Å². The van der Waals surface area contributed by atoms with Crippen LogP contribution in [0.1, 0.15) is 225 Å². The molecule has 0 aliphatic carbocycles. The number of anilines is 5. The molecule has 0 fully saturated rings. The standard InChI is InChI=1S/2C18H20ClN3O2.2C16H21N5O2.C15H19N5O2/c1-3-6-14-16(18(23)24-4-2)15(11-7-5-8-12(19)9-11)13-10-20-22-17(13)21-14;1-3-5-14-16(18(23)24-4-2)15(11-6-8-12(19)9-7-11)13-10-20-22-17(13)21-14;1-4-6-11-13(16(22)23-5-2)12(14-9(3)17-8-18-14)10-7-19-21-15(10)20-11;1-4-6-11-13(16(22)23-5-2)12(15-17-7-8-21(15)3)10-9-18-20-14(10)19-11;1-3-5-10-13(15(21)22-4-2)12(11-7-16-8-17-11)9-6-18-20-14(9)19-10/h5,7-10,15H,3-4,6H2,1-2H3,(H2,20,21,22);6-10,15H,3-5H2,1-2H3,(H2,20,21,22);7-8,12H,4-6H2,1-3H3,(H,17,18)(H2,19,20,21);7-9,12H,4-6H2,1-3H3,(H2,18,19,20);6-8,12H,3-5H2,1-2H3,(H,16,17)(H2,18,19,20). The molecule has 8 aromatic heterocycles. The summed E-state index contributed by atoms with van der Waals surface area (Å²) >= 11 is 12.2. The molecule has 0 radical (unpaired) electrons. The maximum atomic E-state index is 12.7. The van der Waals surface area contributed by atoms with Crippen LogP contribution in [0.15, 0.2) is 167 Å². The summed E-state index contributed by atoms with van der Waals surface area (Å²) in [4.78, 5) is 82.4. The molecule has 5 aliphatic rings. The van der Waals surface area contributed by atoms with E-state index in [1.165, 1.54) is 0 Å². The molecule has 10 aromatic rings. The van der Waals surface area contributed by atoms with E-state index in [0.29, 0.717) is 70.9 Å². The Hall–Kier alpha value is -12.3. The Balaban J connectivity index is 0.000000143. The number of esters is 5. The number of nitrogens with zero attached hydrogens (tertiary/aromatic N) is 9. The normalized spacial score (nSPS) is 16.8. The van der Waals surface area contributed by atoms with E-state index in [1.807, 2.05) is 108 Å². The minimum absolute atomic E-state index is 0.224. The number of imidazole rings is 3. The van der Waals surface area contributed by atoms with Crippen LogP contribution in [0.2, 0.25) is 10.0 Å². The van der Waals surface area contributed by atoms with E-state index in [4.69, 9.17) is 46.9 Å². The molecule has 13 heterocycles. The molecular formula is C83H101Cl2N21O10. The van der Waals surface area contributed by atoms with Gasteiger partial charge in [0.05, 0.1) is 128 Å². The number of hydrogen-bond acceptors (Lipinski definition) is 23. The summed E-state index contributed by atoms with van der Waals surface area (Å²) in [6, 6.07) is 15.1. The van der Waals surface area contributed by atoms with E-state index in [9.17, 15) is 24.0 Å². The van der Waals surface area contributed by atoms with Crippen molar-refractivity contribution >= 4 is 82.1 Å². The highest BCUT2D eigenvalue weighted by Crippen LogP contribution is 2.48. The fraction of sp³-hybridized carbons (Fsp3) is 0.386. The van der Waals surface area contributed by atoms with Gasteiger partial charge in [-0.1, -0.05) is 114 Å². The maximum Gasteiger partial charge on any atom is 0.336 e. The van der Waals surface area contributed by atoms with Gasteiger partial charge in [-0.25, -0.2) is 38.9 Å². The minimum Gasteiger partial charge on any atom is -0.463 e. The summed E-state index contributed by atoms with van der Waals surface area (Å²) in [5, 5.41) is 53.3. The van der Waals surface area contributed by atoms with Crippen molar-refractivity contribution in [3.05, 3.63) is 239 Å². The number of aryl methyl sites for hydroxylation is 2. The number of H-pyrrole nitrogens is 7. The number of fused-ring (bicyclic) bond motifs is 5. The lowest BCUT2D eigenvalue weighted by Gasteiger charge is -2.28. The largest absolute Gasteiger partial charge is 0.463 e. The Morgan fingerprint density at radius 1 is 0.405 bits per heavy atom. The summed E-state index contributed by atoms with van der Waals surface area (Å²) in [5.41, 5.74) is 16.6. The van der Waals surface area contributed by atoms with Crippen LogP contribution in [-0.2, 0) is 54.7 Å². The Bertz CT molecular complexity index is 5080. The van der Waals surface area contributed by atoms with E-state index in [0.717, 1.165) is 184 Å². The summed E-state index contributed by atoms with van der Waals surface area (Å²) in [6.07, 6.45) is 25.7. The van der Waals surface area contributed by atoms with Crippen LogP contribution in [0.5, 0.6) is 0 Å². The van der Waals surface area contributed by atoms with Gasteiger partial charge in [-0.15, -0.1) is 0 Å². The van der Waals surface area contributed by atoms with E-state index in [1.54, 1.807) is 56.0 Å². The van der Waals surface area contributed by atoms with Gasteiger partial charge in [0.1, 0.15) is 34.9 Å². The van der Waals surface area contributed by atoms with Gasteiger partial charge in [0.2, 0.25) is 0 Å². The van der Waals surface area contributed by atoms with Crippen molar-refractivity contribution in [2.45, 2.75) is 170 Å². The molecule has 0 spiro atoms. The number of hydrogen-bond donors (Lipinski definition) is 12. The number of benzene rings is 2. The van der Waals surface area contributed by atoms with Crippen molar-refractivity contribution in [3.63, 3.8) is 0 Å². The zero-order valence-electron chi connectivity index (χ0n) is 67.2. The number of aromatic nitrogens is 16. The average molecular weight is 1620 g/mol. The fourth-order valence-corrected chi connectivity index (χ4v) is 15.3. The number of halogens is 2. The number of allylic oxidation sites excluding steroid dienone is 5. The molecule has 5 aliphatic heterocycles. The summed E-state index contributed by atoms with van der Waals surface area (Å²) < 4.78 is 28.5. The molecule has 12 N–H and O–H groups in total. The van der Waals surface area contributed by atoms with Crippen molar-refractivity contribution in [1.29, 1.82) is 0 Å². The highest BCUT2D eigenvalue weighted by Gasteiger charge is 2.42. The zero-order valence-corrected chi connectivity index (χ0v) is 68.8. The third-order valence-corrected chi connectivity index (χ3v) is 20.3. The number of carbonyl (C=O) groups excluding carboxylic acids is 5. The molecule has 0 saturated heterocycles. The molecule has 15 rings (SSSR count). The molecule has 33 heteroatoms. The summed E-state index contributed by atoms with van der Waals surface area (Å²) in [6.45, 7) is 23.1. The summed E-state index contributed by atoms with van der Waals surface area (Å²) in [7, 11) is 1.92. The fourth-order valence-electron chi connectivity index (χ4n) is 14.9. The van der Waals surface area contributed by atoms with Gasteiger partial charge in [0.25, 0.3) is 0 Å². The number of aromatic amines is 7. The van der Waals surface area contributed by atoms with Crippen LogP contribution in [-0.4, -0.2) is 143 Å². The van der Waals surface area contributed by atoms with Gasteiger partial charge in [-0.2, -0.15) is 25.5 Å². The molecule has 5 unspecified atom stereocenters. The minimum atomic E-state index is -0.303. The first-order chi connectivity index (χ1) is 56.4. The maximum absolute atomic E-state index is 12.7. The van der Waals surface area contributed by atoms with Crippen molar-refractivity contribution in [3.8, 4) is 0 Å². The lowest BCUT2D eigenvalue weighted by Crippen LogP contribution is -2.26. The van der Waals surface area contributed by atoms with Gasteiger partial charge in [0.15, 0.2) is 0 Å². The Morgan fingerprint density at radius 3 is 1.11 bits per heavy atom. The van der Waals surface area contributed by atoms with Crippen molar-refractivity contribution in [2.75, 3.05) is 59.6 Å². The van der Waals surface area contributed by atoms with Crippen LogP contribution in [0.25, 0.3) is 0 Å². The molecular weight excluding hydrogens is 1520 g/mol. The summed E-state index contributed by atoms with van der Waals surface area (Å²) in [5.74, 6) is 2.09. The molecule has 0 amide bonds. The first-order valence-corrected chi connectivity index (χ1v) is 40.1. The predicted molar refractivity (Wildman–Crippen MR) is 441 cm³/mol. The second kappa shape index (κ2) is 40.2. The first kappa shape index (κ1) is 84.7. The van der Waals surface area contributed by atoms with Gasteiger partial charge < -0.3 is 64.8 Å². The van der Waals surface area contributed by atoms with E-state index >= 15 is 0 Å². The molecule has 5 atom stereocenters. The van der Waals surface area contributed by atoms with Crippen molar-refractivity contribution < 1.29 is 47.7 Å². The Labute approximate surface area is 682 Å². The molecule has 116 heavy (non-hydrogen) atoms. The van der Waals surface area contributed by atoms with Crippen LogP contribution < -0.4 is 26.6 Å². The predicted octanol–water partition coefficient (Wildman–Crippen LogP) is 15.7. The van der Waals surface area contributed by atoms with Crippen LogP contribution >= 0.6 is 23.2 Å². The molecule has 0 bridgehead atoms. The highest BCUT2D eigenvalue weighted by molar-refractivity contribution is 6.31. The van der Waals surface area contributed by atoms with Crippen LogP contribution in [0.3, 0.4) is 0 Å². The second-order valence-corrected chi connectivity index (χ2v) is 28.4.